The molecular formula is C14H26N2O4. The van der Waals surface area contributed by atoms with Crippen LogP contribution in [0.1, 0.15) is 39.5 Å². The molecule has 0 aliphatic rings. The van der Waals surface area contributed by atoms with Gasteiger partial charge in [0.2, 0.25) is 0 Å². The molecule has 0 aromatic carbocycles. The first kappa shape index (κ1) is 18.6. The summed E-state index contributed by atoms with van der Waals surface area (Å²) in [5.41, 5.74) is 11.7. The van der Waals surface area contributed by atoms with Crippen molar-refractivity contribution in [3.63, 3.8) is 0 Å². The zero-order chi connectivity index (χ0) is 15.4. The van der Waals surface area contributed by atoms with Gasteiger partial charge in [-0.3, -0.25) is 0 Å². The number of nitrogens with two attached hydrogens (primary N) is 2. The molecule has 0 atom stereocenters. The second-order valence-corrected chi connectivity index (χ2v) is 4.18. The molecule has 0 radical (unpaired) electrons. The minimum atomic E-state index is -0.471. The van der Waals surface area contributed by atoms with E-state index in [9.17, 15) is 9.59 Å². The molecule has 20 heavy (non-hydrogen) atoms. The highest BCUT2D eigenvalue weighted by molar-refractivity contribution is 6.00. The maximum atomic E-state index is 12.0. The van der Waals surface area contributed by atoms with E-state index in [-0.39, 0.29) is 13.2 Å². The summed E-state index contributed by atoms with van der Waals surface area (Å²) in [6.45, 7) is 4.85. The van der Waals surface area contributed by atoms with Gasteiger partial charge < -0.3 is 20.9 Å². The van der Waals surface area contributed by atoms with Crippen LogP contribution in [0.2, 0.25) is 0 Å². The van der Waals surface area contributed by atoms with Gasteiger partial charge in [0.25, 0.3) is 0 Å². The minimum Gasteiger partial charge on any atom is -0.463 e. The summed E-state index contributed by atoms with van der Waals surface area (Å²) in [7, 11) is 0. The van der Waals surface area contributed by atoms with Crippen LogP contribution < -0.4 is 11.5 Å². The van der Waals surface area contributed by atoms with Crippen molar-refractivity contribution in [2.45, 2.75) is 39.5 Å². The van der Waals surface area contributed by atoms with E-state index in [2.05, 4.69) is 0 Å². The summed E-state index contributed by atoms with van der Waals surface area (Å²) in [5.74, 6) is -0.943. The number of hydrogen-bond donors (Lipinski definition) is 2. The number of carbonyl (C=O) groups is 2. The van der Waals surface area contributed by atoms with Gasteiger partial charge in [-0.15, -0.1) is 0 Å². The SMILES string of the molecule is CCOC(=O)/C(CCCN)=C(/CCCN)C(=O)OCC. The average molecular weight is 286 g/mol. The molecule has 0 aromatic heterocycles. The first-order valence-electron chi connectivity index (χ1n) is 7.08. The standard InChI is InChI=1S/C14H26N2O4/c1-3-19-13(17)11(7-5-9-15)12(8-6-10-16)14(18)20-4-2/h3-10,15-16H2,1-2H3/b12-11-. The van der Waals surface area contributed by atoms with Crippen LogP contribution in [0.15, 0.2) is 11.1 Å². The Morgan fingerprint density at radius 3 is 1.40 bits per heavy atom. The van der Waals surface area contributed by atoms with E-state index in [1.54, 1.807) is 13.8 Å². The largest absolute Gasteiger partial charge is 0.463 e. The predicted octanol–water partition coefficient (Wildman–Crippen LogP) is 0.887. The van der Waals surface area contributed by atoms with Crippen LogP contribution in [0.5, 0.6) is 0 Å². The fraction of sp³-hybridized carbons (Fsp3) is 0.714. The van der Waals surface area contributed by atoms with Gasteiger partial charge in [0.1, 0.15) is 0 Å². The lowest BCUT2D eigenvalue weighted by Gasteiger charge is -2.13. The van der Waals surface area contributed by atoms with Gasteiger partial charge in [-0.25, -0.2) is 9.59 Å². The van der Waals surface area contributed by atoms with Gasteiger partial charge in [-0.05, 0) is 52.6 Å². The Hall–Kier alpha value is -1.40. The van der Waals surface area contributed by atoms with E-state index >= 15 is 0 Å². The summed E-state index contributed by atoms with van der Waals surface area (Å²) in [5, 5.41) is 0. The van der Waals surface area contributed by atoms with Crippen molar-refractivity contribution in [1.29, 1.82) is 0 Å². The molecule has 0 unspecified atom stereocenters. The molecule has 0 bridgehead atoms. The molecule has 0 spiro atoms. The molecule has 0 aliphatic carbocycles. The van der Waals surface area contributed by atoms with Crippen molar-refractivity contribution in [2.24, 2.45) is 11.5 Å². The van der Waals surface area contributed by atoms with E-state index in [1.165, 1.54) is 0 Å². The van der Waals surface area contributed by atoms with Crippen LogP contribution in [0.3, 0.4) is 0 Å². The molecule has 6 heteroatoms. The molecule has 6 nitrogen and oxygen atoms in total. The van der Waals surface area contributed by atoms with Gasteiger partial charge >= 0.3 is 11.9 Å². The Morgan fingerprint density at radius 1 is 0.800 bits per heavy atom. The van der Waals surface area contributed by atoms with Crippen LogP contribution in [-0.4, -0.2) is 38.2 Å². The van der Waals surface area contributed by atoms with Gasteiger partial charge in [-0.1, -0.05) is 0 Å². The number of hydrogen-bond acceptors (Lipinski definition) is 6. The third-order valence-electron chi connectivity index (χ3n) is 2.67. The minimum absolute atomic E-state index is 0.262. The Bertz CT molecular complexity index is 308. The maximum Gasteiger partial charge on any atom is 0.334 e. The smallest absolute Gasteiger partial charge is 0.334 e. The topological polar surface area (TPSA) is 105 Å². The van der Waals surface area contributed by atoms with E-state index in [0.29, 0.717) is 49.9 Å². The van der Waals surface area contributed by atoms with E-state index in [0.717, 1.165) is 0 Å². The van der Waals surface area contributed by atoms with Crippen molar-refractivity contribution in [3.8, 4) is 0 Å². The first-order chi connectivity index (χ1) is 9.62. The summed E-state index contributed by atoms with van der Waals surface area (Å²) in [6, 6.07) is 0. The van der Waals surface area contributed by atoms with Gasteiger partial charge in [0, 0.05) is 11.1 Å². The fourth-order valence-corrected chi connectivity index (χ4v) is 1.75. The molecule has 4 N–H and O–H groups in total. The van der Waals surface area contributed by atoms with Crippen molar-refractivity contribution in [3.05, 3.63) is 11.1 Å². The van der Waals surface area contributed by atoms with Crippen LogP contribution in [0.25, 0.3) is 0 Å². The molecule has 0 fully saturated rings. The van der Waals surface area contributed by atoms with Gasteiger partial charge in [-0.2, -0.15) is 0 Å². The second kappa shape index (κ2) is 11.4. The third kappa shape index (κ3) is 6.68. The summed E-state index contributed by atoms with van der Waals surface area (Å²) in [4.78, 5) is 24.0. The summed E-state index contributed by atoms with van der Waals surface area (Å²) in [6.07, 6.45) is 2.04. The molecule has 116 valence electrons. The molecule has 0 amide bonds. The fourth-order valence-electron chi connectivity index (χ4n) is 1.75. The Morgan fingerprint density at radius 2 is 1.15 bits per heavy atom. The Kier molecular flexibility index (Phi) is 10.6. The quantitative estimate of drug-likeness (QED) is 0.456. The van der Waals surface area contributed by atoms with E-state index in [4.69, 9.17) is 20.9 Å². The van der Waals surface area contributed by atoms with Crippen LogP contribution in [-0.2, 0) is 19.1 Å². The van der Waals surface area contributed by atoms with Crippen LogP contribution >= 0.6 is 0 Å². The zero-order valence-corrected chi connectivity index (χ0v) is 12.4. The monoisotopic (exact) mass is 286 g/mol. The van der Waals surface area contributed by atoms with Crippen LogP contribution in [0, 0.1) is 0 Å². The van der Waals surface area contributed by atoms with Crippen molar-refractivity contribution in [2.75, 3.05) is 26.3 Å². The van der Waals surface area contributed by atoms with E-state index < -0.39 is 11.9 Å². The van der Waals surface area contributed by atoms with Gasteiger partial charge in [0.15, 0.2) is 0 Å². The summed E-state index contributed by atoms with van der Waals surface area (Å²) >= 11 is 0. The number of rotatable bonds is 10. The Labute approximate surface area is 120 Å². The third-order valence-corrected chi connectivity index (χ3v) is 2.67. The molecule has 0 saturated heterocycles. The van der Waals surface area contributed by atoms with E-state index in [1.807, 2.05) is 0 Å². The predicted molar refractivity (Wildman–Crippen MR) is 76.9 cm³/mol. The number of carbonyl (C=O) groups excluding carboxylic acids is 2. The molecule has 0 heterocycles. The highest BCUT2D eigenvalue weighted by Gasteiger charge is 2.22. The molecule has 0 rings (SSSR count). The highest BCUT2D eigenvalue weighted by Crippen LogP contribution is 2.19. The van der Waals surface area contributed by atoms with Crippen molar-refractivity contribution in [1.82, 2.24) is 0 Å². The number of esters is 2. The molecule has 0 saturated carbocycles. The van der Waals surface area contributed by atoms with Crippen molar-refractivity contribution >= 4 is 11.9 Å². The highest BCUT2D eigenvalue weighted by atomic mass is 16.5. The average Bonchev–Trinajstić information content (AvgIpc) is 2.42. The molecular weight excluding hydrogens is 260 g/mol. The number of ether oxygens (including phenoxy) is 2. The first-order valence-corrected chi connectivity index (χ1v) is 7.08. The van der Waals surface area contributed by atoms with Gasteiger partial charge in [0.05, 0.1) is 13.2 Å². The second-order valence-electron chi connectivity index (χ2n) is 4.18. The van der Waals surface area contributed by atoms with Crippen molar-refractivity contribution < 1.29 is 19.1 Å². The zero-order valence-electron chi connectivity index (χ0n) is 12.4. The Balaban J connectivity index is 5.31. The molecule has 0 aliphatic heterocycles. The molecule has 0 aromatic rings. The lowest BCUT2D eigenvalue weighted by molar-refractivity contribution is -0.142. The lowest BCUT2D eigenvalue weighted by atomic mass is 9.99. The van der Waals surface area contributed by atoms with Crippen LogP contribution in [0.4, 0.5) is 0 Å². The maximum absolute atomic E-state index is 12.0. The lowest BCUT2D eigenvalue weighted by Crippen LogP contribution is -2.18. The normalized spacial score (nSPS) is 11.8. The summed E-state index contributed by atoms with van der Waals surface area (Å²) < 4.78 is 10.0.